The molecule has 11 heavy (non-hydrogen) atoms. The van der Waals surface area contributed by atoms with Crippen LogP contribution in [0.3, 0.4) is 0 Å². The summed E-state index contributed by atoms with van der Waals surface area (Å²) in [5.41, 5.74) is 0. The second-order valence-electron chi connectivity index (χ2n) is 2.63. The number of carbonyl (C=O) groups excluding carboxylic acids is 1. The maximum Gasteiger partial charge on any atom is 0.409 e. The number of rotatable bonds is 0. The van der Waals surface area contributed by atoms with E-state index >= 15 is 0 Å². The Bertz CT molecular complexity index is 143. The Labute approximate surface area is 71.3 Å². The second-order valence-corrected chi connectivity index (χ2v) is 3.25. The average Bonchev–Trinajstić information content (AvgIpc) is 2.05. The standard InChI is InChI=1S/C7H12ClNO2/c1-11-7(10)9-4-2-6(8)3-5-9/h6H,2-5H2,1H3. The van der Waals surface area contributed by atoms with Gasteiger partial charge in [0.2, 0.25) is 0 Å². The number of amides is 1. The van der Waals surface area contributed by atoms with Crippen LogP contribution in [0.15, 0.2) is 0 Å². The smallest absolute Gasteiger partial charge is 0.409 e. The van der Waals surface area contributed by atoms with Gasteiger partial charge in [-0.05, 0) is 12.8 Å². The Balaban J connectivity index is 2.33. The lowest BCUT2D eigenvalue weighted by molar-refractivity contribution is 0.116. The number of likely N-dealkylation sites (tertiary alicyclic amines) is 1. The summed E-state index contributed by atoms with van der Waals surface area (Å²) in [7, 11) is 1.40. The van der Waals surface area contributed by atoms with Gasteiger partial charge in [0.15, 0.2) is 0 Å². The zero-order chi connectivity index (χ0) is 8.27. The Morgan fingerprint density at radius 2 is 2.09 bits per heavy atom. The largest absolute Gasteiger partial charge is 0.453 e. The summed E-state index contributed by atoms with van der Waals surface area (Å²) in [6.07, 6.45) is 1.50. The van der Waals surface area contributed by atoms with Crippen LogP contribution in [0.1, 0.15) is 12.8 Å². The highest BCUT2D eigenvalue weighted by atomic mass is 35.5. The molecule has 0 spiro atoms. The van der Waals surface area contributed by atoms with E-state index in [9.17, 15) is 4.79 Å². The van der Waals surface area contributed by atoms with E-state index in [4.69, 9.17) is 11.6 Å². The van der Waals surface area contributed by atoms with Gasteiger partial charge < -0.3 is 9.64 Å². The molecule has 3 nitrogen and oxygen atoms in total. The summed E-state index contributed by atoms with van der Waals surface area (Å²) >= 11 is 5.85. The average molecular weight is 178 g/mol. The van der Waals surface area contributed by atoms with E-state index in [1.54, 1.807) is 4.90 Å². The topological polar surface area (TPSA) is 29.5 Å². The molecule has 0 bridgehead atoms. The molecule has 64 valence electrons. The first-order valence-corrected chi connectivity index (χ1v) is 4.14. The SMILES string of the molecule is COC(=O)N1CCC(Cl)CC1. The predicted octanol–water partition coefficient (Wildman–Crippen LogP) is 1.46. The van der Waals surface area contributed by atoms with Crippen LogP contribution in [0.5, 0.6) is 0 Å². The molecular weight excluding hydrogens is 166 g/mol. The van der Waals surface area contributed by atoms with Crippen molar-refractivity contribution >= 4 is 17.7 Å². The molecule has 1 fully saturated rings. The molecule has 0 unspecified atom stereocenters. The van der Waals surface area contributed by atoms with Crippen molar-refractivity contribution < 1.29 is 9.53 Å². The van der Waals surface area contributed by atoms with Gasteiger partial charge in [0, 0.05) is 18.5 Å². The van der Waals surface area contributed by atoms with E-state index in [0.29, 0.717) is 0 Å². The van der Waals surface area contributed by atoms with Crippen molar-refractivity contribution in [3.63, 3.8) is 0 Å². The maximum absolute atomic E-state index is 10.9. The third-order valence-electron chi connectivity index (χ3n) is 1.86. The van der Waals surface area contributed by atoms with E-state index < -0.39 is 0 Å². The molecule has 0 aromatic carbocycles. The quantitative estimate of drug-likeness (QED) is 0.525. The highest BCUT2D eigenvalue weighted by Gasteiger charge is 2.21. The number of ether oxygens (including phenoxy) is 1. The Kier molecular flexibility index (Phi) is 3.00. The normalized spacial score (nSPS) is 20.0. The molecule has 0 N–H and O–H groups in total. The lowest BCUT2D eigenvalue weighted by atomic mass is 10.1. The van der Waals surface area contributed by atoms with Gasteiger partial charge in [0.25, 0.3) is 0 Å². The fraction of sp³-hybridized carbons (Fsp3) is 0.857. The van der Waals surface area contributed by atoms with E-state index in [2.05, 4.69) is 4.74 Å². The van der Waals surface area contributed by atoms with Crippen molar-refractivity contribution in [2.24, 2.45) is 0 Å². The summed E-state index contributed by atoms with van der Waals surface area (Å²) in [4.78, 5) is 12.6. The van der Waals surface area contributed by atoms with Crippen LogP contribution in [0.25, 0.3) is 0 Å². The number of hydrogen-bond donors (Lipinski definition) is 0. The van der Waals surface area contributed by atoms with Crippen LogP contribution >= 0.6 is 11.6 Å². The molecule has 0 saturated carbocycles. The Morgan fingerprint density at radius 1 is 1.55 bits per heavy atom. The van der Waals surface area contributed by atoms with Gasteiger partial charge in [0.1, 0.15) is 0 Å². The number of halogens is 1. The number of alkyl halides is 1. The van der Waals surface area contributed by atoms with Gasteiger partial charge in [-0.2, -0.15) is 0 Å². The third kappa shape index (κ3) is 2.26. The molecule has 0 aromatic heterocycles. The van der Waals surface area contributed by atoms with E-state index in [-0.39, 0.29) is 11.5 Å². The molecule has 1 amide bonds. The minimum atomic E-state index is -0.242. The zero-order valence-electron chi connectivity index (χ0n) is 6.55. The van der Waals surface area contributed by atoms with Gasteiger partial charge >= 0.3 is 6.09 Å². The molecule has 1 aliphatic rings. The van der Waals surface area contributed by atoms with E-state index in [1.165, 1.54) is 7.11 Å². The monoisotopic (exact) mass is 177 g/mol. The van der Waals surface area contributed by atoms with Gasteiger partial charge in [0.05, 0.1) is 7.11 Å². The molecule has 0 radical (unpaired) electrons. The van der Waals surface area contributed by atoms with Gasteiger partial charge in [-0.1, -0.05) is 0 Å². The number of methoxy groups -OCH3 is 1. The van der Waals surface area contributed by atoms with E-state index in [0.717, 1.165) is 25.9 Å². The number of piperidine rings is 1. The van der Waals surface area contributed by atoms with Crippen molar-refractivity contribution in [3.8, 4) is 0 Å². The van der Waals surface area contributed by atoms with Crippen LogP contribution in [0.4, 0.5) is 4.79 Å². The van der Waals surface area contributed by atoms with Crippen molar-refractivity contribution in [2.45, 2.75) is 18.2 Å². The summed E-state index contributed by atoms with van der Waals surface area (Å²) in [6, 6.07) is 0. The molecule has 1 rings (SSSR count). The fourth-order valence-corrected chi connectivity index (χ4v) is 1.35. The summed E-state index contributed by atoms with van der Waals surface area (Å²) in [6.45, 7) is 1.45. The minimum Gasteiger partial charge on any atom is -0.453 e. The predicted molar refractivity (Wildman–Crippen MR) is 42.9 cm³/mol. The third-order valence-corrected chi connectivity index (χ3v) is 2.29. The second kappa shape index (κ2) is 3.81. The van der Waals surface area contributed by atoms with Crippen molar-refractivity contribution in [1.29, 1.82) is 0 Å². The first kappa shape index (κ1) is 8.65. The zero-order valence-corrected chi connectivity index (χ0v) is 7.30. The van der Waals surface area contributed by atoms with E-state index in [1.807, 2.05) is 0 Å². The van der Waals surface area contributed by atoms with Crippen LogP contribution in [0.2, 0.25) is 0 Å². The lowest BCUT2D eigenvalue weighted by Crippen LogP contribution is -2.38. The molecule has 0 aliphatic carbocycles. The molecular formula is C7H12ClNO2. The number of hydrogen-bond acceptors (Lipinski definition) is 2. The number of carbonyl (C=O) groups is 1. The molecule has 1 saturated heterocycles. The van der Waals surface area contributed by atoms with Gasteiger partial charge in [-0.15, -0.1) is 11.6 Å². The van der Waals surface area contributed by atoms with Crippen LogP contribution in [-0.4, -0.2) is 36.6 Å². The van der Waals surface area contributed by atoms with Crippen LogP contribution in [-0.2, 0) is 4.74 Å². The molecule has 1 aliphatic heterocycles. The Morgan fingerprint density at radius 3 is 2.55 bits per heavy atom. The van der Waals surface area contributed by atoms with Crippen molar-refractivity contribution in [1.82, 2.24) is 4.90 Å². The summed E-state index contributed by atoms with van der Waals surface area (Å²) in [5, 5.41) is 0.232. The Hall–Kier alpha value is -0.440. The van der Waals surface area contributed by atoms with Crippen LogP contribution in [0, 0.1) is 0 Å². The lowest BCUT2D eigenvalue weighted by Gasteiger charge is -2.27. The molecule has 0 aromatic rings. The summed E-state index contributed by atoms with van der Waals surface area (Å²) < 4.78 is 4.57. The van der Waals surface area contributed by atoms with Crippen LogP contribution < -0.4 is 0 Å². The first-order chi connectivity index (χ1) is 5.24. The van der Waals surface area contributed by atoms with Gasteiger partial charge in [-0.3, -0.25) is 0 Å². The highest BCUT2D eigenvalue weighted by molar-refractivity contribution is 6.20. The fourth-order valence-electron chi connectivity index (χ4n) is 1.16. The highest BCUT2D eigenvalue weighted by Crippen LogP contribution is 2.15. The molecule has 0 atom stereocenters. The first-order valence-electron chi connectivity index (χ1n) is 3.71. The maximum atomic E-state index is 10.9. The van der Waals surface area contributed by atoms with Crippen molar-refractivity contribution in [3.05, 3.63) is 0 Å². The molecule has 4 heteroatoms. The minimum absolute atomic E-state index is 0.232. The van der Waals surface area contributed by atoms with Crippen molar-refractivity contribution in [2.75, 3.05) is 20.2 Å². The molecule has 1 heterocycles. The van der Waals surface area contributed by atoms with Gasteiger partial charge in [-0.25, -0.2) is 4.79 Å². The summed E-state index contributed by atoms with van der Waals surface area (Å²) in [5.74, 6) is 0. The number of nitrogens with zero attached hydrogens (tertiary/aromatic N) is 1.